The number of pyridine rings is 1. The molecule has 0 spiro atoms. The maximum Gasteiger partial charge on any atom is 0.272 e. The van der Waals surface area contributed by atoms with Gasteiger partial charge < -0.3 is 20.1 Å². The van der Waals surface area contributed by atoms with Crippen LogP contribution in [-0.2, 0) is 0 Å². The minimum atomic E-state index is -0.0676. The molecule has 1 amide bonds. The number of carbonyl (C=O) groups is 1. The predicted octanol–water partition coefficient (Wildman–Crippen LogP) is 3.96. The average Bonchev–Trinajstić information content (AvgIpc) is 2.74. The van der Waals surface area contributed by atoms with Crippen molar-refractivity contribution >= 4 is 12.1 Å². The van der Waals surface area contributed by atoms with E-state index >= 15 is 0 Å². The van der Waals surface area contributed by atoms with Gasteiger partial charge in [0, 0.05) is 25.4 Å². The summed E-state index contributed by atoms with van der Waals surface area (Å²) in [5, 5.41) is 0. The number of ether oxygens (including phenoxy) is 2. The molecule has 0 saturated carbocycles. The highest BCUT2D eigenvalue weighted by Crippen LogP contribution is 2.31. The Hall–Kier alpha value is -2.83. The minimum absolute atomic E-state index is 0.0179. The van der Waals surface area contributed by atoms with E-state index in [1.807, 2.05) is 17.2 Å². The molecule has 1 aromatic heterocycles. The van der Waals surface area contributed by atoms with Crippen molar-refractivity contribution in [3.8, 4) is 11.5 Å². The van der Waals surface area contributed by atoms with E-state index < -0.39 is 0 Å². The summed E-state index contributed by atoms with van der Waals surface area (Å²) < 4.78 is 11.3. The van der Waals surface area contributed by atoms with E-state index in [4.69, 9.17) is 15.2 Å². The number of likely N-dealkylation sites (tertiary alicyclic amines) is 1. The Morgan fingerprint density at radius 1 is 1.23 bits per heavy atom. The maximum absolute atomic E-state index is 13.0. The Kier molecular flexibility index (Phi) is 7.36. The van der Waals surface area contributed by atoms with Gasteiger partial charge in [0.15, 0.2) is 11.5 Å². The fourth-order valence-electron chi connectivity index (χ4n) is 3.78. The fraction of sp³-hybridized carbons (Fsp3) is 0.542. The Bertz CT molecular complexity index is 875. The van der Waals surface area contributed by atoms with Gasteiger partial charge >= 0.3 is 0 Å². The molecule has 1 fully saturated rings. The van der Waals surface area contributed by atoms with Crippen LogP contribution in [0.3, 0.4) is 0 Å². The van der Waals surface area contributed by atoms with Crippen molar-refractivity contribution in [2.45, 2.75) is 46.5 Å². The molecule has 2 aliphatic heterocycles. The Morgan fingerprint density at radius 3 is 2.65 bits per heavy atom. The van der Waals surface area contributed by atoms with Crippen LogP contribution in [0.2, 0.25) is 0 Å². The van der Waals surface area contributed by atoms with Gasteiger partial charge in [-0.15, -0.1) is 0 Å². The molecule has 1 saturated heterocycles. The smallest absolute Gasteiger partial charge is 0.272 e. The first-order valence-corrected chi connectivity index (χ1v) is 10.9. The van der Waals surface area contributed by atoms with Crippen molar-refractivity contribution in [1.29, 1.82) is 0 Å². The lowest BCUT2D eigenvalue weighted by atomic mass is 9.86. The topological polar surface area (TPSA) is 90.0 Å². The monoisotopic (exact) mass is 426 g/mol. The third-order valence-corrected chi connectivity index (χ3v) is 5.51. The molecule has 0 unspecified atom stereocenters. The van der Waals surface area contributed by atoms with Crippen molar-refractivity contribution in [2.24, 2.45) is 22.1 Å². The summed E-state index contributed by atoms with van der Waals surface area (Å²) in [6.07, 6.45) is 11.2. The number of rotatable bonds is 5. The molecule has 31 heavy (non-hydrogen) atoms. The zero-order valence-electron chi connectivity index (χ0n) is 19.1. The third kappa shape index (κ3) is 6.32. The van der Waals surface area contributed by atoms with Crippen molar-refractivity contribution in [3.05, 3.63) is 41.5 Å². The van der Waals surface area contributed by atoms with Crippen LogP contribution in [0.25, 0.3) is 0 Å². The van der Waals surface area contributed by atoms with Crippen LogP contribution in [0.4, 0.5) is 0 Å². The second-order valence-corrected chi connectivity index (χ2v) is 9.32. The number of hydrogen-bond donors (Lipinski definition) is 1. The minimum Gasteiger partial charge on any atom is -0.493 e. The molecule has 0 atom stereocenters. The summed E-state index contributed by atoms with van der Waals surface area (Å²) in [7, 11) is 1.58. The van der Waals surface area contributed by atoms with Crippen LogP contribution in [0.1, 0.15) is 56.9 Å². The molecule has 1 aromatic rings. The molecule has 168 valence electrons. The van der Waals surface area contributed by atoms with E-state index in [1.165, 1.54) is 5.57 Å². The summed E-state index contributed by atoms with van der Waals surface area (Å²) in [6.45, 7) is 8.24. The van der Waals surface area contributed by atoms with E-state index in [9.17, 15) is 4.79 Å². The summed E-state index contributed by atoms with van der Waals surface area (Å²) in [5.74, 6) is 2.03. The summed E-state index contributed by atoms with van der Waals surface area (Å²) in [5.41, 5.74) is 7.63. The molecule has 3 heterocycles. The first-order valence-electron chi connectivity index (χ1n) is 10.9. The van der Waals surface area contributed by atoms with Gasteiger partial charge in [-0.2, -0.15) is 0 Å². The summed E-state index contributed by atoms with van der Waals surface area (Å²) in [6, 6.07) is 1.68. The Morgan fingerprint density at radius 2 is 1.97 bits per heavy atom. The number of hydrogen-bond acceptors (Lipinski definition) is 6. The number of aliphatic imine (C=N–C) groups is 1. The lowest BCUT2D eigenvalue weighted by Crippen LogP contribution is -2.39. The third-order valence-electron chi connectivity index (χ3n) is 5.51. The van der Waals surface area contributed by atoms with E-state index in [-0.39, 0.29) is 11.3 Å². The van der Waals surface area contributed by atoms with Gasteiger partial charge in [0.1, 0.15) is 11.5 Å². The number of piperidine rings is 1. The molecule has 2 N–H and O–H groups in total. The molecule has 7 nitrogen and oxygen atoms in total. The van der Waals surface area contributed by atoms with Crippen molar-refractivity contribution < 1.29 is 14.3 Å². The van der Waals surface area contributed by atoms with E-state index in [2.05, 4.69) is 36.8 Å². The molecule has 3 rings (SSSR count). The quantitative estimate of drug-likeness (QED) is 0.770. The zero-order chi connectivity index (χ0) is 22.4. The number of carbonyl (C=O) groups excluding carboxylic acids is 1. The van der Waals surface area contributed by atoms with E-state index in [0.29, 0.717) is 48.6 Å². The Balaban J connectivity index is 1.62. The lowest BCUT2D eigenvalue weighted by Gasteiger charge is -2.33. The van der Waals surface area contributed by atoms with Gasteiger partial charge in [0.05, 0.1) is 19.9 Å². The molecule has 0 aliphatic carbocycles. The number of nitrogens with zero attached hydrogens (tertiary/aromatic N) is 3. The molecule has 7 heteroatoms. The normalized spacial score (nSPS) is 22.4. The highest BCUT2D eigenvalue weighted by molar-refractivity contribution is 5.93. The van der Waals surface area contributed by atoms with Crippen LogP contribution in [0.15, 0.2) is 40.8 Å². The van der Waals surface area contributed by atoms with Crippen LogP contribution in [0.5, 0.6) is 11.5 Å². The second kappa shape index (κ2) is 9.98. The highest BCUT2D eigenvalue weighted by atomic mass is 16.5. The standard InChI is InChI=1S/C24H34N4O3/c1-24(2,3)16-31-21-15-27-19(14-20(21)30-4)23(29)28-12-9-18(10-13-28)17-6-5-11-26-22(25)8-7-17/h7-8,11,14-15,18H,5-6,9-10,12-13,16,25H2,1-4H3/b17-7+,22-8-,26-11-. The first kappa shape index (κ1) is 22.8. The maximum atomic E-state index is 13.0. The zero-order valence-corrected chi connectivity index (χ0v) is 19.1. The summed E-state index contributed by atoms with van der Waals surface area (Å²) in [4.78, 5) is 23.4. The molecule has 0 aromatic carbocycles. The highest BCUT2D eigenvalue weighted by Gasteiger charge is 2.27. The molecule has 2 aliphatic rings. The average molecular weight is 427 g/mol. The van der Waals surface area contributed by atoms with Crippen LogP contribution in [0, 0.1) is 11.3 Å². The summed E-state index contributed by atoms with van der Waals surface area (Å²) >= 11 is 0. The first-order chi connectivity index (χ1) is 14.8. The number of aromatic nitrogens is 1. The predicted molar refractivity (Wildman–Crippen MR) is 122 cm³/mol. The van der Waals surface area contributed by atoms with Gasteiger partial charge in [0.25, 0.3) is 5.91 Å². The number of allylic oxidation sites excluding steroid dienone is 3. The van der Waals surface area contributed by atoms with E-state index in [1.54, 1.807) is 19.4 Å². The van der Waals surface area contributed by atoms with Gasteiger partial charge in [0.2, 0.25) is 0 Å². The second-order valence-electron chi connectivity index (χ2n) is 9.32. The molecular formula is C24H34N4O3. The lowest BCUT2D eigenvalue weighted by molar-refractivity contribution is 0.0694. The van der Waals surface area contributed by atoms with E-state index in [0.717, 1.165) is 25.7 Å². The number of methoxy groups -OCH3 is 1. The van der Waals surface area contributed by atoms with Gasteiger partial charge in [-0.1, -0.05) is 32.4 Å². The van der Waals surface area contributed by atoms with Crippen LogP contribution < -0.4 is 15.2 Å². The van der Waals surface area contributed by atoms with Crippen LogP contribution in [-0.4, -0.2) is 48.8 Å². The molecule has 0 bridgehead atoms. The van der Waals surface area contributed by atoms with Gasteiger partial charge in [-0.25, -0.2) is 9.98 Å². The van der Waals surface area contributed by atoms with Gasteiger partial charge in [-0.3, -0.25) is 4.79 Å². The Labute approximate surface area is 185 Å². The molecule has 0 radical (unpaired) electrons. The SMILES string of the molecule is COc1cc(C(=O)N2CCC(/C3=C/C=C(N)\N=C/CC3)CC2)ncc1OCC(C)(C)C. The number of amides is 1. The van der Waals surface area contributed by atoms with Crippen molar-refractivity contribution in [1.82, 2.24) is 9.88 Å². The van der Waals surface area contributed by atoms with Gasteiger partial charge in [-0.05, 0) is 43.1 Å². The molecular weight excluding hydrogens is 392 g/mol. The largest absolute Gasteiger partial charge is 0.493 e. The number of nitrogens with two attached hydrogens (primary N) is 1. The van der Waals surface area contributed by atoms with Crippen molar-refractivity contribution in [2.75, 3.05) is 26.8 Å². The van der Waals surface area contributed by atoms with Crippen molar-refractivity contribution in [3.63, 3.8) is 0 Å². The fourth-order valence-corrected chi connectivity index (χ4v) is 3.78. The van der Waals surface area contributed by atoms with Crippen LogP contribution >= 0.6 is 0 Å².